The summed E-state index contributed by atoms with van der Waals surface area (Å²) in [5.74, 6) is 1.62. The van der Waals surface area contributed by atoms with E-state index in [1.165, 1.54) is 25.7 Å². The second-order valence-electron chi connectivity index (χ2n) is 6.77. The van der Waals surface area contributed by atoms with E-state index in [4.69, 9.17) is 10.00 Å². The molecule has 0 aromatic rings. The fourth-order valence-electron chi connectivity index (χ4n) is 4.45. The number of hydrogen-bond donors (Lipinski definition) is 1. The number of hydrogen-bond acceptors (Lipinski definition) is 4. The van der Waals surface area contributed by atoms with E-state index in [0.29, 0.717) is 18.7 Å². The molecule has 3 rings (SSSR count). The normalized spacial score (nSPS) is 38.5. The molecule has 2 saturated carbocycles. The number of fused-ring (bicyclic) bond motifs is 1. The van der Waals surface area contributed by atoms with E-state index in [1.54, 1.807) is 4.90 Å². The maximum Gasteiger partial charge on any atom is 0.237 e. The van der Waals surface area contributed by atoms with Gasteiger partial charge in [-0.25, -0.2) is 0 Å². The van der Waals surface area contributed by atoms with Gasteiger partial charge >= 0.3 is 0 Å². The van der Waals surface area contributed by atoms with Gasteiger partial charge in [0.05, 0.1) is 18.7 Å². The third kappa shape index (κ3) is 3.07. The van der Waals surface area contributed by atoms with E-state index in [1.807, 2.05) is 7.11 Å². The van der Waals surface area contributed by atoms with Crippen molar-refractivity contribution in [3.05, 3.63) is 0 Å². The van der Waals surface area contributed by atoms with E-state index in [2.05, 4.69) is 11.4 Å². The van der Waals surface area contributed by atoms with Gasteiger partial charge in [-0.1, -0.05) is 0 Å². The van der Waals surface area contributed by atoms with Crippen molar-refractivity contribution in [3.63, 3.8) is 0 Å². The summed E-state index contributed by atoms with van der Waals surface area (Å²) in [6, 6.07) is 2.49. The van der Waals surface area contributed by atoms with Gasteiger partial charge in [-0.15, -0.1) is 0 Å². The lowest BCUT2D eigenvalue weighted by Gasteiger charge is -2.21. The van der Waals surface area contributed by atoms with Crippen LogP contribution in [0.2, 0.25) is 0 Å². The van der Waals surface area contributed by atoms with Gasteiger partial charge in [-0.3, -0.25) is 4.79 Å². The zero-order chi connectivity index (χ0) is 14.8. The van der Waals surface area contributed by atoms with Crippen LogP contribution in [0.5, 0.6) is 0 Å². The molecule has 5 nitrogen and oxygen atoms in total. The largest absolute Gasteiger partial charge is 0.381 e. The van der Waals surface area contributed by atoms with Gasteiger partial charge in [-0.05, 0) is 50.4 Å². The first-order valence-electron chi connectivity index (χ1n) is 8.16. The lowest BCUT2D eigenvalue weighted by Crippen LogP contribution is -2.43. The molecule has 0 radical (unpaired) electrons. The molecule has 3 aliphatic rings. The van der Waals surface area contributed by atoms with Crippen LogP contribution in [0.25, 0.3) is 0 Å². The monoisotopic (exact) mass is 291 g/mol. The van der Waals surface area contributed by atoms with E-state index in [9.17, 15) is 4.79 Å². The average Bonchev–Trinajstić information content (AvgIpc) is 3.17. The fraction of sp³-hybridized carbons (Fsp3) is 0.875. The molecule has 5 atom stereocenters. The number of nitriles is 1. The van der Waals surface area contributed by atoms with Crippen molar-refractivity contribution in [2.45, 2.75) is 56.7 Å². The van der Waals surface area contributed by atoms with Crippen molar-refractivity contribution >= 4 is 5.91 Å². The molecule has 1 saturated heterocycles. The molecule has 0 bridgehead atoms. The Morgan fingerprint density at radius 1 is 1.33 bits per heavy atom. The first-order chi connectivity index (χ1) is 10.2. The van der Waals surface area contributed by atoms with Crippen molar-refractivity contribution in [2.75, 3.05) is 20.2 Å². The van der Waals surface area contributed by atoms with Gasteiger partial charge in [0.2, 0.25) is 5.91 Å². The summed E-state index contributed by atoms with van der Waals surface area (Å²) in [6.07, 6.45) is 6.92. The third-order valence-corrected chi connectivity index (χ3v) is 5.57. The number of ether oxygens (including phenoxy) is 1. The molecule has 1 heterocycles. The summed E-state index contributed by atoms with van der Waals surface area (Å²) in [6.45, 7) is 1.13. The number of rotatable bonds is 4. The number of nitrogens with one attached hydrogen (secondary N) is 1. The summed E-state index contributed by atoms with van der Waals surface area (Å²) < 4.78 is 5.46. The number of amides is 1. The molecule has 5 heteroatoms. The van der Waals surface area contributed by atoms with Gasteiger partial charge in [0.15, 0.2) is 0 Å². The highest BCUT2D eigenvalue weighted by molar-refractivity contribution is 5.79. The maximum atomic E-state index is 12.2. The minimum absolute atomic E-state index is 0.0888. The Balaban J connectivity index is 1.43. The van der Waals surface area contributed by atoms with E-state index in [0.717, 1.165) is 31.2 Å². The summed E-state index contributed by atoms with van der Waals surface area (Å²) in [4.78, 5) is 13.9. The first-order valence-corrected chi connectivity index (χ1v) is 8.16. The number of carbonyl (C=O) groups excluding carboxylic acids is 1. The number of carbonyl (C=O) groups is 1. The molecule has 3 fully saturated rings. The standard InChI is InChI=1S/C16H25N3O2/c1-21-15-7-11-5-13(6-12(11)8-15)18-10-16(20)19-4-2-3-14(19)9-17/h11-15,18H,2-8,10H2,1H3/t11-,12+,13?,14?,15?. The molecule has 116 valence electrons. The maximum absolute atomic E-state index is 12.2. The molecule has 21 heavy (non-hydrogen) atoms. The van der Waals surface area contributed by atoms with Gasteiger partial charge in [0, 0.05) is 19.7 Å². The Hall–Kier alpha value is -1.12. The van der Waals surface area contributed by atoms with E-state index < -0.39 is 0 Å². The lowest BCUT2D eigenvalue weighted by atomic mass is 10.0. The van der Waals surface area contributed by atoms with Crippen molar-refractivity contribution in [2.24, 2.45) is 11.8 Å². The highest BCUT2D eigenvalue weighted by atomic mass is 16.5. The molecule has 0 aromatic carbocycles. The van der Waals surface area contributed by atoms with Crippen LogP contribution in [-0.4, -0.2) is 49.2 Å². The fourth-order valence-corrected chi connectivity index (χ4v) is 4.45. The van der Waals surface area contributed by atoms with Gasteiger partial charge < -0.3 is 15.0 Å². The van der Waals surface area contributed by atoms with Crippen molar-refractivity contribution in [1.82, 2.24) is 10.2 Å². The van der Waals surface area contributed by atoms with Gasteiger partial charge in [-0.2, -0.15) is 5.26 Å². The molecule has 0 spiro atoms. The minimum atomic E-state index is -0.204. The molecule has 1 amide bonds. The quantitative estimate of drug-likeness (QED) is 0.848. The van der Waals surface area contributed by atoms with Crippen LogP contribution in [0.1, 0.15) is 38.5 Å². The average molecular weight is 291 g/mol. The van der Waals surface area contributed by atoms with Crippen LogP contribution in [-0.2, 0) is 9.53 Å². The van der Waals surface area contributed by atoms with Gasteiger partial charge in [0.25, 0.3) is 0 Å². The number of methoxy groups -OCH3 is 1. The Morgan fingerprint density at radius 2 is 2.05 bits per heavy atom. The summed E-state index contributed by atoms with van der Waals surface area (Å²) in [5.41, 5.74) is 0. The Morgan fingerprint density at radius 3 is 2.67 bits per heavy atom. The smallest absolute Gasteiger partial charge is 0.237 e. The van der Waals surface area contributed by atoms with E-state index >= 15 is 0 Å². The summed E-state index contributed by atoms with van der Waals surface area (Å²) >= 11 is 0. The molecule has 3 unspecified atom stereocenters. The highest BCUT2D eigenvalue weighted by Gasteiger charge is 2.41. The third-order valence-electron chi connectivity index (χ3n) is 5.57. The molecular weight excluding hydrogens is 266 g/mol. The van der Waals surface area contributed by atoms with Crippen LogP contribution in [0, 0.1) is 23.2 Å². The Bertz CT molecular complexity index is 420. The predicted octanol–water partition coefficient (Wildman–Crippen LogP) is 1.29. The van der Waals surface area contributed by atoms with Crippen molar-refractivity contribution < 1.29 is 9.53 Å². The molecule has 2 aliphatic carbocycles. The topological polar surface area (TPSA) is 65.4 Å². The van der Waals surface area contributed by atoms with E-state index in [-0.39, 0.29) is 11.9 Å². The SMILES string of the molecule is COC1C[C@H]2CC(NCC(=O)N3CCCC3C#N)C[C@H]2C1. The van der Waals surface area contributed by atoms with Crippen LogP contribution in [0.3, 0.4) is 0 Å². The van der Waals surface area contributed by atoms with Crippen LogP contribution in [0.4, 0.5) is 0 Å². The Labute approximate surface area is 126 Å². The molecule has 0 aromatic heterocycles. The van der Waals surface area contributed by atoms with Crippen LogP contribution in [0.15, 0.2) is 0 Å². The summed E-state index contributed by atoms with van der Waals surface area (Å²) in [7, 11) is 1.81. The molecule has 1 aliphatic heterocycles. The zero-order valence-corrected chi connectivity index (χ0v) is 12.8. The second-order valence-corrected chi connectivity index (χ2v) is 6.77. The highest BCUT2D eigenvalue weighted by Crippen LogP contribution is 2.44. The molecule has 1 N–H and O–H groups in total. The lowest BCUT2D eigenvalue weighted by molar-refractivity contribution is -0.130. The summed E-state index contributed by atoms with van der Waals surface area (Å²) in [5, 5.41) is 12.5. The van der Waals surface area contributed by atoms with Gasteiger partial charge in [0.1, 0.15) is 6.04 Å². The minimum Gasteiger partial charge on any atom is -0.381 e. The predicted molar refractivity (Wildman–Crippen MR) is 78.4 cm³/mol. The van der Waals surface area contributed by atoms with Crippen LogP contribution >= 0.6 is 0 Å². The zero-order valence-electron chi connectivity index (χ0n) is 12.8. The van der Waals surface area contributed by atoms with Crippen molar-refractivity contribution in [1.29, 1.82) is 5.26 Å². The number of nitrogens with zero attached hydrogens (tertiary/aromatic N) is 2. The second kappa shape index (κ2) is 6.33. The van der Waals surface area contributed by atoms with Crippen molar-refractivity contribution in [3.8, 4) is 6.07 Å². The molecular formula is C16H25N3O2. The first kappa shape index (κ1) is 14.8. The number of likely N-dealkylation sites (tertiary alicyclic amines) is 1. The Kier molecular flexibility index (Phi) is 4.46. The van der Waals surface area contributed by atoms with Crippen LogP contribution < -0.4 is 5.32 Å².